The topological polar surface area (TPSA) is 115 Å². The molecule has 0 bridgehead atoms. The van der Waals surface area contributed by atoms with Crippen LogP contribution in [0.4, 0.5) is 13.2 Å². The van der Waals surface area contributed by atoms with E-state index in [2.05, 4.69) is 21.5 Å². The molecule has 1 atom stereocenters. The first-order valence-corrected chi connectivity index (χ1v) is 9.12. The maximum absolute atomic E-state index is 14.1. The molecule has 8 nitrogen and oxygen atoms in total. The number of aromatic nitrogens is 2. The average molecular weight is 429 g/mol. The van der Waals surface area contributed by atoms with Crippen molar-refractivity contribution in [2.24, 2.45) is 0 Å². The standard InChI is InChI=1S/C20H14F3N5O3/c21-13-7-12(15(22)17(29)16(13)23)19-26-18(27-31-19)20(30)28-5-4-25-14(9-28)11-3-1-2-10(6-11)8-24/h1-3,6-7,14,25,29H,4-5,9H2. The van der Waals surface area contributed by atoms with E-state index in [-0.39, 0.29) is 12.6 Å². The molecule has 0 aliphatic carbocycles. The minimum absolute atomic E-state index is 0.238. The van der Waals surface area contributed by atoms with Crippen LogP contribution in [0.25, 0.3) is 11.5 Å². The molecule has 1 fully saturated rings. The monoisotopic (exact) mass is 429 g/mol. The van der Waals surface area contributed by atoms with Gasteiger partial charge in [-0.2, -0.15) is 14.6 Å². The van der Waals surface area contributed by atoms with Crippen LogP contribution in [0.2, 0.25) is 0 Å². The van der Waals surface area contributed by atoms with Gasteiger partial charge in [0.05, 0.1) is 17.2 Å². The van der Waals surface area contributed by atoms with E-state index in [1.54, 1.807) is 18.2 Å². The molecule has 3 aromatic rings. The van der Waals surface area contributed by atoms with Gasteiger partial charge in [-0.25, -0.2) is 8.78 Å². The number of nitrogens with one attached hydrogen (secondary N) is 1. The fraction of sp³-hybridized carbons (Fsp3) is 0.200. The van der Waals surface area contributed by atoms with E-state index in [1.807, 2.05) is 6.07 Å². The van der Waals surface area contributed by atoms with Gasteiger partial charge < -0.3 is 19.8 Å². The third-order valence-electron chi connectivity index (χ3n) is 4.86. The molecule has 0 saturated carbocycles. The number of carbonyl (C=O) groups is 1. The molecule has 2 heterocycles. The predicted molar refractivity (Wildman–Crippen MR) is 99.1 cm³/mol. The summed E-state index contributed by atoms with van der Waals surface area (Å²) in [6.45, 7) is 1.04. The Labute approximate surface area is 173 Å². The number of rotatable bonds is 3. The Bertz CT molecular complexity index is 1210. The van der Waals surface area contributed by atoms with Gasteiger partial charge in [0.15, 0.2) is 17.4 Å². The van der Waals surface area contributed by atoms with Crippen LogP contribution in [0, 0.1) is 28.8 Å². The predicted octanol–water partition coefficient (Wildman–Crippen LogP) is 2.52. The van der Waals surface area contributed by atoms with E-state index in [1.165, 1.54) is 4.90 Å². The van der Waals surface area contributed by atoms with Gasteiger partial charge in [0.25, 0.3) is 17.6 Å². The summed E-state index contributed by atoms with van der Waals surface area (Å²) in [5, 5.41) is 25.2. The molecule has 1 unspecified atom stereocenters. The lowest BCUT2D eigenvalue weighted by Crippen LogP contribution is -2.48. The summed E-state index contributed by atoms with van der Waals surface area (Å²) in [6, 6.07) is 9.24. The molecule has 31 heavy (non-hydrogen) atoms. The Morgan fingerprint density at radius 1 is 1.29 bits per heavy atom. The van der Waals surface area contributed by atoms with Crippen molar-refractivity contribution in [1.29, 1.82) is 5.26 Å². The lowest BCUT2D eigenvalue weighted by molar-refractivity contribution is 0.0687. The number of amides is 1. The second kappa shape index (κ2) is 8.08. The number of piperazine rings is 1. The molecule has 1 aliphatic heterocycles. The average Bonchev–Trinajstić information content (AvgIpc) is 3.29. The summed E-state index contributed by atoms with van der Waals surface area (Å²) < 4.78 is 45.7. The highest BCUT2D eigenvalue weighted by atomic mass is 19.2. The van der Waals surface area contributed by atoms with E-state index in [0.29, 0.717) is 24.7 Å². The number of hydrogen-bond donors (Lipinski definition) is 2. The molecule has 1 amide bonds. The maximum Gasteiger partial charge on any atom is 0.295 e. The van der Waals surface area contributed by atoms with Crippen LogP contribution in [0.5, 0.6) is 5.75 Å². The van der Waals surface area contributed by atoms with Crippen molar-refractivity contribution in [3.8, 4) is 23.3 Å². The molecule has 1 aromatic heterocycles. The molecular formula is C20H14F3N5O3. The van der Waals surface area contributed by atoms with E-state index in [0.717, 1.165) is 5.56 Å². The second-order valence-electron chi connectivity index (χ2n) is 6.80. The summed E-state index contributed by atoms with van der Waals surface area (Å²) in [5.41, 5.74) is 0.640. The van der Waals surface area contributed by atoms with Gasteiger partial charge in [-0.05, 0) is 23.8 Å². The minimum atomic E-state index is -1.75. The summed E-state index contributed by atoms with van der Waals surface area (Å²) in [7, 11) is 0. The second-order valence-corrected chi connectivity index (χ2v) is 6.80. The Morgan fingerprint density at radius 2 is 2.10 bits per heavy atom. The first kappa shape index (κ1) is 20.4. The number of halogens is 3. The molecule has 4 rings (SSSR count). The number of phenolic OH excluding ortho intramolecular Hbond substituents is 1. The molecule has 11 heteroatoms. The van der Waals surface area contributed by atoms with Crippen molar-refractivity contribution in [2.75, 3.05) is 19.6 Å². The Hall–Kier alpha value is -3.91. The minimum Gasteiger partial charge on any atom is -0.503 e. The quantitative estimate of drug-likeness (QED) is 0.615. The molecular weight excluding hydrogens is 415 g/mol. The van der Waals surface area contributed by atoms with Gasteiger partial charge in [-0.1, -0.05) is 17.3 Å². The number of nitrogens with zero attached hydrogens (tertiary/aromatic N) is 4. The van der Waals surface area contributed by atoms with Crippen LogP contribution in [0.15, 0.2) is 34.9 Å². The van der Waals surface area contributed by atoms with Crippen molar-refractivity contribution in [2.45, 2.75) is 6.04 Å². The van der Waals surface area contributed by atoms with E-state index >= 15 is 0 Å². The number of nitriles is 1. The summed E-state index contributed by atoms with van der Waals surface area (Å²) in [6.07, 6.45) is 0. The van der Waals surface area contributed by atoms with Crippen LogP contribution in [0.3, 0.4) is 0 Å². The Balaban J connectivity index is 1.56. The van der Waals surface area contributed by atoms with Crippen LogP contribution < -0.4 is 5.32 Å². The van der Waals surface area contributed by atoms with Crippen LogP contribution >= 0.6 is 0 Å². The molecule has 1 aliphatic rings. The molecule has 2 N–H and O–H groups in total. The highest BCUT2D eigenvalue weighted by Gasteiger charge is 2.29. The Kier molecular flexibility index (Phi) is 5.31. The van der Waals surface area contributed by atoms with Crippen molar-refractivity contribution in [3.63, 3.8) is 0 Å². The lowest BCUT2D eigenvalue weighted by atomic mass is 10.0. The van der Waals surface area contributed by atoms with E-state index in [4.69, 9.17) is 9.78 Å². The molecule has 0 radical (unpaired) electrons. The zero-order valence-corrected chi connectivity index (χ0v) is 15.8. The van der Waals surface area contributed by atoms with Crippen LogP contribution in [-0.4, -0.2) is 45.7 Å². The first-order valence-electron chi connectivity index (χ1n) is 9.12. The SMILES string of the molecule is N#Cc1cccc(C2CN(C(=O)c3noc(-c4cc(F)c(F)c(O)c4F)n3)CCN2)c1. The highest BCUT2D eigenvalue weighted by molar-refractivity contribution is 5.90. The smallest absolute Gasteiger partial charge is 0.295 e. The summed E-state index contributed by atoms with van der Waals surface area (Å²) in [5.74, 6) is -7.85. The number of carbonyl (C=O) groups excluding carboxylic acids is 1. The van der Waals surface area contributed by atoms with Crippen molar-refractivity contribution in [3.05, 3.63) is 64.7 Å². The van der Waals surface area contributed by atoms with Gasteiger partial charge in [0.2, 0.25) is 5.82 Å². The summed E-state index contributed by atoms with van der Waals surface area (Å²) in [4.78, 5) is 18.0. The zero-order chi connectivity index (χ0) is 22.1. The number of phenols is 1. The third-order valence-corrected chi connectivity index (χ3v) is 4.86. The van der Waals surface area contributed by atoms with Crippen LogP contribution in [0.1, 0.15) is 27.8 Å². The lowest BCUT2D eigenvalue weighted by Gasteiger charge is -2.33. The maximum atomic E-state index is 14.1. The number of benzene rings is 2. The molecule has 1 saturated heterocycles. The fourth-order valence-electron chi connectivity index (χ4n) is 3.29. The van der Waals surface area contributed by atoms with Gasteiger partial charge >= 0.3 is 0 Å². The first-order chi connectivity index (χ1) is 14.9. The van der Waals surface area contributed by atoms with E-state index < -0.39 is 46.4 Å². The highest BCUT2D eigenvalue weighted by Crippen LogP contribution is 2.31. The molecule has 2 aromatic carbocycles. The zero-order valence-electron chi connectivity index (χ0n) is 15.8. The van der Waals surface area contributed by atoms with Gasteiger partial charge in [-0.3, -0.25) is 4.79 Å². The van der Waals surface area contributed by atoms with Crippen LogP contribution in [-0.2, 0) is 0 Å². The van der Waals surface area contributed by atoms with E-state index in [9.17, 15) is 23.1 Å². The Morgan fingerprint density at radius 3 is 2.87 bits per heavy atom. The summed E-state index contributed by atoms with van der Waals surface area (Å²) >= 11 is 0. The van der Waals surface area contributed by atoms with Gasteiger partial charge in [-0.15, -0.1) is 0 Å². The fourth-order valence-corrected chi connectivity index (χ4v) is 3.29. The van der Waals surface area contributed by atoms with Crippen molar-refractivity contribution < 1.29 is 27.6 Å². The van der Waals surface area contributed by atoms with Gasteiger partial charge in [0, 0.05) is 25.7 Å². The number of aromatic hydroxyl groups is 1. The normalized spacial score (nSPS) is 16.2. The van der Waals surface area contributed by atoms with Gasteiger partial charge in [0.1, 0.15) is 0 Å². The number of hydrogen-bond acceptors (Lipinski definition) is 7. The molecule has 0 spiro atoms. The third kappa shape index (κ3) is 3.80. The largest absolute Gasteiger partial charge is 0.503 e. The van der Waals surface area contributed by atoms with Crippen molar-refractivity contribution >= 4 is 5.91 Å². The molecule has 158 valence electrons. The van der Waals surface area contributed by atoms with Crippen molar-refractivity contribution in [1.82, 2.24) is 20.4 Å².